The van der Waals surface area contributed by atoms with Crippen molar-refractivity contribution in [2.45, 2.75) is 25.9 Å². The molecule has 2 heterocycles. The van der Waals surface area contributed by atoms with Crippen LogP contribution in [0.4, 0.5) is 5.82 Å². The predicted molar refractivity (Wildman–Crippen MR) is 78.8 cm³/mol. The molecule has 5 heteroatoms. The Morgan fingerprint density at radius 3 is 2.32 bits per heavy atom. The largest absolute Gasteiger partial charge is 0.351 e. The average molecular weight is 277 g/mol. The van der Waals surface area contributed by atoms with Gasteiger partial charge < -0.3 is 10.2 Å². The highest BCUT2D eigenvalue weighted by Gasteiger charge is 2.24. The summed E-state index contributed by atoms with van der Waals surface area (Å²) in [6, 6.07) is 8.67. The SMILES string of the molecule is C[C@@H]1CN(c2nc3ccccc3nc2Cl)C[C@H](C)N1. The van der Waals surface area contributed by atoms with Crippen LogP contribution in [0.15, 0.2) is 24.3 Å². The third kappa shape index (κ3) is 2.51. The lowest BCUT2D eigenvalue weighted by Crippen LogP contribution is -2.54. The first-order valence-electron chi connectivity index (χ1n) is 6.57. The molecule has 0 aliphatic carbocycles. The Morgan fingerprint density at radius 1 is 1.11 bits per heavy atom. The summed E-state index contributed by atoms with van der Waals surface area (Å²) < 4.78 is 0. The standard InChI is InChI=1S/C14H17ClN4/c1-9-7-19(8-10(2)16-9)14-13(15)17-11-5-3-4-6-12(11)18-14/h3-6,9-10,16H,7-8H2,1-2H3/t9-,10+. The fourth-order valence-corrected chi connectivity index (χ4v) is 2.92. The highest BCUT2D eigenvalue weighted by atomic mass is 35.5. The summed E-state index contributed by atoms with van der Waals surface area (Å²) in [5, 5.41) is 3.99. The lowest BCUT2D eigenvalue weighted by Gasteiger charge is -2.37. The number of nitrogens with one attached hydrogen (secondary N) is 1. The number of hydrogen-bond acceptors (Lipinski definition) is 4. The van der Waals surface area contributed by atoms with Crippen molar-refractivity contribution >= 4 is 28.5 Å². The quantitative estimate of drug-likeness (QED) is 0.869. The highest BCUT2D eigenvalue weighted by molar-refractivity contribution is 6.32. The first-order chi connectivity index (χ1) is 9.13. The fraction of sp³-hybridized carbons (Fsp3) is 0.429. The molecule has 0 amide bonds. The molecule has 1 aromatic heterocycles. The lowest BCUT2D eigenvalue weighted by molar-refractivity contribution is 0.405. The van der Waals surface area contributed by atoms with E-state index in [4.69, 9.17) is 11.6 Å². The van der Waals surface area contributed by atoms with Crippen LogP contribution in [-0.4, -0.2) is 35.1 Å². The van der Waals surface area contributed by atoms with E-state index >= 15 is 0 Å². The number of piperazine rings is 1. The van der Waals surface area contributed by atoms with Crippen molar-refractivity contribution in [2.24, 2.45) is 0 Å². The first kappa shape index (κ1) is 12.6. The Hall–Kier alpha value is -1.39. The molecule has 19 heavy (non-hydrogen) atoms. The third-order valence-corrected chi connectivity index (χ3v) is 3.62. The van der Waals surface area contributed by atoms with Gasteiger partial charge in [0.25, 0.3) is 0 Å². The van der Waals surface area contributed by atoms with Crippen LogP contribution in [0.2, 0.25) is 5.15 Å². The normalized spacial score (nSPS) is 23.8. The molecule has 0 bridgehead atoms. The number of anilines is 1. The van der Waals surface area contributed by atoms with Gasteiger partial charge in [0.05, 0.1) is 11.0 Å². The zero-order valence-corrected chi connectivity index (χ0v) is 11.9. The molecule has 2 aromatic rings. The number of benzene rings is 1. The minimum atomic E-state index is 0.424. The van der Waals surface area contributed by atoms with E-state index in [0.717, 1.165) is 29.9 Å². The molecule has 2 atom stereocenters. The van der Waals surface area contributed by atoms with Crippen LogP contribution in [0, 0.1) is 0 Å². The maximum Gasteiger partial charge on any atom is 0.172 e. The Balaban J connectivity index is 2.01. The van der Waals surface area contributed by atoms with E-state index in [2.05, 4.69) is 34.0 Å². The summed E-state index contributed by atoms with van der Waals surface area (Å²) in [5.74, 6) is 0.792. The van der Waals surface area contributed by atoms with Crippen LogP contribution in [0.3, 0.4) is 0 Å². The molecule has 1 saturated heterocycles. The Labute approximate surface area is 117 Å². The van der Waals surface area contributed by atoms with Crippen molar-refractivity contribution in [1.82, 2.24) is 15.3 Å². The van der Waals surface area contributed by atoms with Gasteiger partial charge in [0.15, 0.2) is 11.0 Å². The van der Waals surface area contributed by atoms with E-state index in [1.165, 1.54) is 0 Å². The summed E-state index contributed by atoms with van der Waals surface area (Å²) in [6.07, 6.45) is 0. The molecule has 1 aromatic carbocycles. The van der Waals surface area contributed by atoms with E-state index in [1.807, 2.05) is 24.3 Å². The predicted octanol–water partition coefficient (Wildman–Crippen LogP) is 2.47. The van der Waals surface area contributed by atoms with Gasteiger partial charge in [-0.1, -0.05) is 23.7 Å². The third-order valence-electron chi connectivity index (χ3n) is 3.37. The molecule has 100 valence electrons. The molecule has 0 saturated carbocycles. The minimum Gasteiger partial charge on any atom is -0.351 e. The Morgan fingerprint density at radius 2 is 1.68 bits per heavy atom. The van der Waals surface area contributed by atoms with Crippen LogP contribution in [-0.2, 0) is 0 Å². The van der Waals surface area contributed by atoms with Crippen LogP contribution in [0.5, 0.6) is 0 Å². The Bertz CT molecular complexity index is 591. The van der Waals surface area contributed by atoms with Gasteiger partial charge in [-0.05, 0) is 26.0 Å². The van der Waals surface area contributed by atoms with Gasteiger partial charge in [0, 0.05) is 25.2 Å². The summed E-state index contributed by atoms with van der Waals surface area (Å²) in [5.41, 5.74) is 1.73. The van der Waals surface area contributed by atoms with Crippen molar-refractivity contribution in [3.05, 3.63) is 29.4 Å². The number of hydrogen-bond donors (Lipinski definition) is 1. The number of nitrogens with zero attached hydrogens (tertiary/aromatic N) is 3. The van der Waals surface area contributed by atoms with Crippen LogP contribution < -0.4 is 10.2 Å². The molecule has 0 unspecified atom stereocenters. The zero-order chi connectivity index (χ0) is 13.4. The molecule has 3 rings (SSSR count). The molecule has 1 N–H and O–H groups in total. The van der Waals surface area contributed by atoms with Gasteiger partial charge >= 0.3 is 0 Å². The molecular weight excluding hydrogens is 260 g/mol. The number of aromatic nitrogens is 2. The van der Waals surface area contributed by atoms with Crippen LogP contribution >= 0.6 is 11.6 Å². The number of rotatable bonds is 1. The Kier molecular flexibility index (Phi) is 3.29. The van der Waals surface area contributed by atoms with E-state index in [-0.39, 0.29) is 0 Å². The van der Waals surface area contributed by atoms with Crippen LogP contribution in [0.25, 0.3) is 11.0 Å². The van der Waals surface area contributed by atoms with Crippen molar-refractivity contribution in [3.8, 4) is 0 Å². The topological polar surface area (TPSA) is 41.1 Å². The smallest absolute Gasteiger partial charge is 0.172 e. The van der Waals surface area contributed by atoms with Gasteiger partial charge in [0.2, 0.25) is 0 Å². The second kappa shape index (κ2) is 4.94. The van der Waals surface area contributed by atoms with E-state index < -0.39 is 0 Å². The van der Waals surface area contributed by atoms with Crippen LogP contribution in [0.1, 0.15) is 13.8 Å². The lowest BCUT2D eigenvalue weighted by atomic mass is 10.1. The van der Waals surface area contributed by atoms with Gasteiger partial charge in [-0.3, -0.25) is 0 Å². The van der Waals surface area contributed by atoms with Gasteiger partial charge in [-0.2, -0.15) is 0 Å². The fourth-order valence-electron chi connectivity index (χ4n) is 2.67. The maximum atomic E-state index is 6.30. The van der Waals surface area contributed by atoms with Gasteiger partial charge in [-0.15, -0.1) is 0 Å². The van der Waals surface area contributed by atoms with Gasteiger partial charge in [-0.25, -0.2) is 9.97 Å². The number of halogens is 1. The number of para-hydroxylation sites is 2. The first-order valence-corrected chi connectivity index (χ1v) is 6.94. The molecule has 1 aliphatic rings. The van der Waals surface area contributed by atoms with Crippen molar-refractivity contribution in [2.75, 3.05) is 18.0 Å². The minimum absolute atomic E-state index is 0.424. The summed E-state index contributed by atoms with van der Waals surface area (Å²) >= 11 is 6.30. The summed E-state index contributed by atoms with van der Waals surface area (Å²) in [4.78, 5) is 11.3. The average Bonchev–Trinajstić information content (AvgIpc) is 2.36. The van der Waals surface area contributed by atoms with E-state index in [0.29, 0.717) is 17.2 Å². The van der Waals surface area contributed by atoms with Crippen molar-refractivity contribution < 1.29 is 0 Å². The molecular formula is C14H17ClN4. The summed E-state index contributed by atoms with van der Waals surface area (Å²) in [6.45, 7) is 6.14. The van der Waals surface area contributed by atoms with E-state index in [1.54, 1.807) is 0 Å². The van der Waals surface area contributed by atoms with Gasteiger partial charge in [0.1, 0.15) is 0 Å². The highest BCUT2D eigenvalue weighted by Crippen LogP contribution is 2.26. The zero-order valence-electron chi connectivity index (χ0n) is 11.1. The summed E-state index contributed by atoms with van der Waals surface area (Å²) in [7, 11) is 0. The monoisotopic (exact) mass is 276 g/mol. The maximum absolute atomic E-state index is 6.30. The second-order valence-electron chi connectivity index (χ2n) is 5.20. The number of fused-ring (bicyclic) bond motifs is 1. The molecule has 1 fully saturated rings. The molecule has 4 nitrogen and oxygen atoms in total. The van der Waals surface area contributed by atoms with Crippen molar-refractivity contribution in [3.63, 3.8) is 0 Å². The second-order valence-corrected chi connectivity index (χ2v) is 5.56. The molecule has 0 spiro atoms. The van der Waals surface area contributed by atoms with Crippen molar-refractivity contribution in [1.29, 1.82) is 0 Å². The molecule has 1 aliphatic heterocycles. The molecule has 0 radical (unpaired) electrons. The van der Waals surface area contributed by atoms with E-state index in [9.17, 15) is 0 Å².